The van der Waals surface area contributed by atoms with Gasteiger partial charge in [0.1, 0.15) is 11.5 Å². The van der Waals surface area contributed by atoms with Gasteiger partial charge in [0.25, 0.3) is 5.91 Å². The number of aryl methyl sites for hydroxylation is 2. The first-order chi connectivity index (χ1) is 12.8. The topological polar surface area (TPSA) is 51.3 Å². The van der Waals surface area contributed by atoms with Crippen molar-refractivity contribution < 1.29 is 9.21 Å². The van der Waals surface area contributed by atoms with Crippen molar-refractivity contribution in [2.24, 2.45) is 0 Å². The van der Waals surface area contributed by atoms with Gasteiger partial charge < -0.3 is 9.32 Å². The maximum absolute atomic E-state index is 13.0. The molecule has 1 amide bonds. The van der Waals surface area contributed by atoms with E-state index in [9.17, 15) is 4.79 Å². The van der Waals surface area contributed by atoms with E-state index in [0.717, 1.165) is 28.6 Å². The average molecular weight is 386 g/mol. The van der Waals surface area contributed by atoms with Crippen molar-refractivity contribution >= 4 is 17.5 Å². The van der Waals surface area contributed by atoms with E-state index in [1.54, 1.807) is 9.58 Å². The van der Waals surface area contributed by atoms with Gasteiger partial charge >= 0.3 is 0 Å². The van der Waals surface area contributed by atoms with Gasteiger partial charge in [0.05, 0.1) is 28.6 Å². The number of carbonyl (C=O) groups excluding carboxylic acids is 1. The summed E-state index contributed by atoms with van der Waals surface area (Å²) in [6.07, 6.45) is 0. The molecule has 1 aromatic carbocycles. The number of carbonyl (C=O) groups is 1. The van der Waals surface area contributed by atoms with Crippen molar-refractivity contribution in [3.8, 4) is 5.69 Å². The van der Waals surface area contributed by atoms with Gasteiger partial charge in [-0.05, 0) is 71.0 Å². The minimum absolute atomic E-state index is 0.0306. The second kappa shape index (κ2) is 7.61. The van der Waals surface area contributed by atoms with Crippen molar-refractivity contribution in [1.82, 2.24) is 14.7 Å². The summed E-state index contributed by atoms with van der Waals surface area (Å²) in [5, 5.41) is 5.11. The number of halogens is 1. The van der Waals surface area contributed by atoms with E-state index < -0.39 is 0 Å². The molecule has 0 aliphatic heterocycles. The maximum Gasteiger partial charge on any atom is 0.254 e. The molecule has 0 fully saturated rings. The third-order valence-corrected chi connectivity index (χ3v) is 5.12. The number of benzene rings is 1. The Morgan fingerprint density at radius 3 is 2.30 bits per heavy atom. The largest absolute Gasteiger partial charge is 0.464 e. The van der Waals surface area contributed by atoms with E-state index in [-0.39, 0.29) is 11.9 Å². The zero-order valence-corrected chi connectivity index (χ0v) is 17.0. The Morgan fingerprint density at radius 2 is 1.81 bits per heavy atom. The summed E-state index contributed by atoms with van der Waals surface area (Å²) in [4.78, 5) is 14.8. The second-order valence-corrected chi connectivity index (χ2v) is 7.36. The highest BCUT2D eigenvalue weighted by Crippen LogP contribution is 2.23. The molecule has 0 saturated carbocycles. The molecule has 142 valence electrons. The summed E-state index contributed by atoms with van der Waals surface area (Å²) in [5.74, 6) is 1.59. The van der Waals surface area contributed by atoms with Crippen LogP contribution in [0.3, 0.4) is 0 Å². The molecule has 5 nitrogen and oxygen atoms in total. The molecule has 0 aliphatic rings. The molecular weight excluding hydrogens is 362 g/mol. The van der Waals surface area contributed by atoms with Gasteiger partial charge in [0, 0.05) is 11.6 Å². The summed E-state index contributed by atoms with van der Waals surface area (Å²) >= 11 is 6.23. The quantitative estimate of drug-likeness (QED) is 0.614. The van der Waals surface area contributed by atoms with Crippen LogP contribution in [0.25, 0.3) is 5.69 Å². The fraction of sp³-hybridized carbons (Fsp3) is 0.333. The van der Waals surface area contributed by atoms with Gasteiger partial charge in [-0.25, -0.2) is 4.68 Å². The maximum atomic E-state index is 13.0. The van der Waals surface area contributed by atoms with E-state index in [0.29, 0.717) is 17.1 Å². The zero-order chi connectivity index (χ0) is 19.7. The molecule has 2 heterocycles. The van der Waals surface area contributed by atoms with Crippen LogP contribution in [0.15, 0.2) is 40.8 Å². The predicted molar refractivity (Wildman–Crippen MR) is 107 cm³/mol. The van der Waals surface area contributed by atoms with Gasteiger partial charge in [-0.1, -0.05) is 11.6 Å². The fourth-order valence-corrected chi connectivity index (χ4v) is 3.13. The van der Waals surface area contributed by atoms with Crippen molar-refractivity contribution in [3.05, 3.63) is 69.9 Å². The smallest absolute Gasteiger partial charge is 0.254 e. The number of furan rings is 1. The average Bonchev–Trinajstić information content (AvgIpc) is 3.17. The molecular formula is C21H24ClN3O2. The Balaban J connectivity index is 1.83. The highest BCUT2D eigenvalue weighted by atomic mass is 35.5. The van der Waals surface area contributed by atoms with Gasteiger partial charge in [0.15, 0.2) is 0 Å². The molecule has 0 spiro atoms. The summed E-state index contributed by atoms with van der Waals surface area (Å²) in [7, 11) is 0. The third kappa shape index (κ3) is 3.93. The van der Waals surface area contributed by atoms with Crippen molar-refractivity contribution in [2.75, 3.05) is 0 Å². The fourth-order valence-electron chi connectivity index (χ4n) is 3.01. The molecule has 6 heteroatoms. The normalized spacial score (nSPS) is 11.2. The van der Waals surface area contributed by atoms with Gasteiger partial charge in [0.2, 0.25) is 0 Å². The molecule has 0 unspecified atom stereocenters. The van der Waals surface area contributed by atoms with E-state index in [1.165, 1.54) is 0 Å². The van der Waals surface area contributed by atoms with Crippen LogP contribution in [-0.4, -0.2) is 26.6 Å². The Kier molecular flexibility index (Phi) is 5.42. The summed E-state index contributed by atoms with van der Waals surface area (Å²) < 4.78 is 7.43. The Bertz CT molecular complexity index is 954. The van der Waals surface area contributed by atoms with Crippen LogP contribution in [0.5, 0.6) is 0 Å². The van der Waals surface area contributed by atoms with Gasteiger partial charge in [-0.3, -0.25) is 4.79 Å². The lowest BCUT2D eigenvalue weighted by Gasteiger charge is -2.26. The standard InChI is InChI=1S/C21H24ClN3O2/c1-13(2)24(12-19-11-6-14(3)27-19)21(26)17-7-9-18(10-8-17)25-16(5)20(22)15(4)23-25/h6-11,13H,12H2,1-5H3. The lowest BCUT2D eigenvalue weighted by Crippen LogP contribution is -2.36. The summed E-state index contributed by atoms with van der Waals surface area (Å²) in [5.41, 5.74) is 3.17. The molecule has 0 aliphatic carbocycles. The summed E-state index contributed by atoms with van der Waals surface area (Å²) in [6, 6.07) is 11.3. The number of amides is 1. The molecule has 0 radical (unpaired) electrons. The van der Waals surface area contributed by atoms with Crippen LogP contribution < -0.4 is 0 Å². The van der Waals surface area contributed by atoms with Crippen LogP contribution in [0, 0.1) is 20.8 Å². The minimum Gasteiger partial charge on any atom is -0.464 e. The molecule has 0 atom stereocenters. The third-order valence-electron chi connectivity index (χ3n) is 4.57. The first-order valence-corrected chi connectivity index (χ1v) is 9.34. The number of hydrogen-bond acceptors (Lipinski definition) is 3. The number of hydrogen-bond donors (Lipinski definition) is 0. The van der Waals surface area contributed by atoms with Crippen LogP contribution in [-0.2, 0) is 6.54 Å². The SMILES string of the molecule is Cc1ccc(CN(C(=O)c2ccc(-n3nc(C)c(Cl)c3C)cc2)C(C)C)o1. The van der Waals surface area contributed by atoms with E-state index >= 15 is 0 Å². The van der Waals surface area contributed by atoms with Crippen LogP contribution >= 0.6 is 11.6 Å². The molecule has 3 aromatic rings. The number of nitrogens with zero attached hydrogens (tertiary/aromatic N) is 3. The minimum atomic E-state index is -0.0306. The molecule has 0 N–H and O–H groups in total. The Hall–Kier alpha value is -2.53. The Morgan fingerprint density at radius 1 is 1.15 bits per heavy atom. The van der Waals surface area contributed by atoms with Crippen molar-refractivity contribution in [2.45, 2.75) is 47.2 Å². The first kappa shape index (κ1) is 19.2. The van der Waals surface area contributed by atoms with Crippen LogP contribution in [0.4, 0.5) is 0 Å². The van der Waals surface area contributed by atoms with Gasteiger partial charge in [-0.15, -0.1) is 0 Å². The highest BCUT2D eigenvalue weighted by molar-refractivity contribution is 6.31. The number of aromatic nitrogens is 2. The lowest BCUT2D eigenvalue weighted by atomic mass is 10.1. The second-order valence-electron chi connectivity index (χ2n) is 6.98. The monoisotopic (exact) mass is 385 g/mol. The molecule has 3 rings (SSSR count). The molecule has 2 aromatic heterocycles. The van der Waals surface area contributed by atoms with Crippen molar-refractivity contribution in [3.63, 3.8) is 0 Å². The highest BCUT2D eigenvalue weighted by Gasteiger charge is 2.21. The summed E-state index contributed by atoms with van der Waals surface area (Å²) in [6.45, 7) is 10.1. The van der Waals surface area contributed by atoms with Crippen LogP contribution in [0.2, 0.25) is 5.02 Å². The first-order valence-electron chi connectivity index (χ1n) is 8.96. The number of rotatable bonds is 5. The van der Waals surface area contributed by atoms with Crippen molar-refractivity contribution in [1.29, 1.82) is 0 Å². The van der Waals surface area contributed by atoms with E-state index in [2.05, 4.69) is 5.10 Å². The molecule has 27 heavy (non-hydrogen) atoms. The predicted octanol–water partition coefficient (Wildman–Crippen LogP) is 5.09. The lowest BCUT2D eigenvalue weighted by molar-refractivity contribution is 0.0675. The van der Waals surface area contributed by atoms with Gasteiger partial charge in [-0.2, -0.15) is 5.10 Å². The van der Waals surface area contributed by atoms with E-state index in [1.807, 2.05) is 71.0 Å². The Labute approximate surface area is 164 Å². The van der Waals surface area contributed by atoms with Crippen LogP contribution in [0.1, 0.15) is 47.1 Å². The zero-order valence-electron chi connectivity index (χ0n) is 16.3. The molecule has 0 saturated heterocycles. The van der Waals surface area contributed by atoms with E-state index in [4.69, 9.17) is 16.0 Å². The molecule has 0 bridgehead atoms.